The standard InChI is InChI=1S/3C5H9NO2.C3H8/c3*7-5(8)1-2-6-3-4-6;1-3-2/h3*1-4H2,(H,7,8);3H2,1-2H3/p-3. The van der Waals surface area contributed by atoms with E-state index in [-0.39, 0.29) is 19.3 Å². The third kappa shape index (κ3) is 24.3. The van der Waals surface area contributed by atoms with Crippen molar-refractivity contribution in [2.75, 3.05) is 58.9 Å². The van der Waals surface area contributed by atoms with Crippen molar-refractivity contribution in [1.82, 2.24) is 14.7 Å². The molecule has 0 aromatic carbocycles. The van der Waals surface area contributed by atoms with E-state index in [9.17, 15) is 29.7 Å². The van der Waals surface area contributed by atoms with Crippen LogP contribution in [0.2, 0.25) is 0 Å². The summed E-state index contributed by atoms with van der Waals surface area (Å²) in [6.07, 6.45) is 1.79. The predicted octanol–water partition coefficient (Wildman–Crippen LogP) is -3.26. The minimum Gasteiger partial charge on any atom is -0.550 e. The van der Waals surface area contributed by atoms with E-state index in [0.717, 1.165) is 39.3 Å². The Morgan fingerprint density at radius 3 is 0.889 bits per heavy atom. The summed E-state index contributed by atoms with van der Waals surface area (Å²) in [6, 6.07) is 0. The number of hydrogen-bond acceptors (Lipinski definition) is 9. The van der Waals surface area contributed by atoms with E-state index in [4.69, 9.17) is 0 Å². The highest BCUT2D eigenvalue weighted by Gasteiger charge is 2.16. The zero-order chi connectivity index (χ0) is 20.7. The molecule has 9 heteroatoms. The second-order valence-corrected chi connectivity index (χ2v) is 6.60. The lowest BCUT2D eigenvalue weighted by molar-refractivity contribution is -0.307. The van der Waals surface area contributed by atoms with Gasteiger partial charge in [-0.3, -0.25) is 0 Å². The van der Waals surface area contributed by atoms with Crippen LogP contribution in [-0.2, 0) is 14.4 Å². The van der Waals surface area contributed by atoms with Gasteiger partial charge in [0, 0.05) is 76.8 Å². The van der Waals surface area contributed by atoms with Crippen molar-refractivity contribution in [2.45, 2.75) is 39.5 Å². The lowest BCUT2D eigenvalue weighted by Crippen LogP contribution is -2.24. The summed E-state index contributed by atoms with van der Waals surface area (Å²) in [7, 11) is 0. The van der Waals surface area contributed by atoms with Gasteiger partial charge in [-0.05, 0) is 19.3 Å². The first-order valence-corrected chi connectivity index (χ1v) is 9.55. The van der Waals surface area contributed by atoms with Gasteiger partial charge in [0.15, 0.2) is 0 Å². The van der Waals surface area contributed by atoms with Crippen molar-refractivity contribution in [3.05, 3.63) is 0 Å². The van der Waals surface area contributed by atoms with Crippen LogP contribution in [-0.4, -0.2) is 91.5 Å². The summed E-state index contributed by atoms with van der Waals surface area (Å²) in [5.41, 5.74) is 0. The highest BCUT2D eigenvalue weighted by atomic mass is 16.4. The van der Waals surface area contributed by atoms with Crippen molar-refractivity contribution >= 4 is 17.9 Å². The summed E-state index contributed by atoms with van der Waals surface area (Å²) in [4.78, 5) is 35.5. The largest absolute Gasteiger partial charge is 0.550 e. The zero-order valence-electron chi connectivity index (χ0n) is 16.5. The molecule has 0 bridgehead atoms. The Morgan fingerprint density at radius 1 is 0.593 bits per heavy atom. The molecule has 27 heavy (non-hydrogen) atoms. The quantitative estimate of drug-likeness (QED) is 0.375. The lowest BCUT2D eigenvalue weighted by Gasteiger charge is -1.99. The van der Waals surface area contributed by atoms with Gasteiger partial charge >= 0.3 is 0 Å². The van der Waals surface area contributed by atoms with E-state index in [1.54, 1.807) is 0 Å². The van der Waals surface area contributed by atoms with Crippen LogP contribution in [0.4, 0.5) is 0 Å². The molecule has 0 aliphatic carbocycles. The topological polar surface area (TPSA) is 129 Å². The first-order chi connectivity index (χ1) is 12.8. The monoisotopic (exact) mass is 386 g/mol. The average Bonchev–Trinajstić information content (AvgIpc) is 3.48. The van der Waals surface area contributed by atoms with E-state index < -0.39 is 17.9 Å². The van der Waals surface area contributed by atoms with E-state index in [2.05, 4.69) is 28.5 Å². The molecule has 0 saturated carbocycles. The highest BCUT2D eigenvalue weighted by Crippen LogP contribution is 2.03. The predicted molar refractivity (Wildman–Crippen MR) is 94.2 cm³/mol. The van der Waals surface area contributed by atoms with E-state index >= 15 is 0 Å². The number of aliphatic carboxylic acids is 3. The van der Waals surface area contributed by atoms with Crippen LogP contribution in [0.15, 0.2) is 0 Å². The minimum absolute atomic E-state index is 0.181. The second kappa shape index (κ2) is 15.4. The number of rotatable bonds is 9. The fourth-order valence-electron chi connectivity index (χ4n) is 1.63. The van der Waals surface area contributed by atoms with Crippen molar-refractivity contribution < 1.29 is 29.7 Å². The van der Waals surface area contributed by atoms with Gasteiger partial charge in [-0.25, -0.2) is 0 Å². The molecule has 9 nitrogen and oxygen atoms in total. The SMILES string of the molecule is CCC.O=C([O-])CCN1CC1.O=C([O-])CCN1CC1.O=C([O-])CCN1CC1. The number of carbonyl (C=O) groups is 3. The molecule has 0 aromatic heterocycles. The van der Waals surface area contributed by atoms with Gasteiger partial charge in [0.2, 0.25) is 0 Å². The van der Waals surface area contributed by atoms with Crippen LogP contribution in [0, 0.1) is 0 Å². The van der Waals surface area contributed by atoms with Gasteiger partial charge in [-0.2, -0.15) is 0 Å². The molecule has 3 aliphatic rings. The molecule has 0 atom stereocenters. The molecule has 0 spiro atoms. The number of carboxylic acids is 3. The molecule has 3 heterocycles. The Balaban J connectivity index is 0.000000350. The zero-order valence-corrected chi connectivity index (χ0v) is 16.5. The Morgan fingerprint density at radius 2 is 0.778 bits per heavy atom. The van der Waals surface area contributed by atoms with Crippen molar-refractivity contribution in [3.8, 4) is 0 Å². The molecule has 0 aromatic rings. The first-order valence-electron chi connectivity index (χ1n) is 9.55. The maximum atomic E-state index is 9.79. The van der Waals surface area contributed by atoms with E-state index in [1.165, 1.54) is 6.42 Å². The number of carbonyl (C=O) groups excluding carboxylic acids is 3. The lowest BCUT2D eigenvalue weighted by atomic mass is 10.4. The summed E-state index contributed by atoms with van der Waals surface area (Å²) in [5, 5.41) is 29.4. The van der Waals surface area contributed by atoms with Crippen LogP contribution < -0.4 is 15.3 Å². The number of carboxylic acid groups (broad SMARTS) is 3. The fraction of sp³-hybridized carbons (Fsp3) is 0.833. The molecular weight excluding hydrogens is 354 g/mol. The number of hydrogen-bond donors (Lipinski definition) is 0. The molecule has 0 amide bonds. The Bertz CT molecular complexity index is 373. The van der Waals surface area contributed by atoms with Gasteiger partial charge in [0.1, 0.15) is 0 Å². The van der Waals surface area contributed by atoms with E-state index in [0.29, 0.717) is 19.6 Å². The van der Waals surface area contributed by atoms with Gasteiger partial charge in [-0.1, -0.05) is 20.3 Å². The molecule has 3 saturated heterocycles. The summed E-state index contributed by atoms with van der Waals surface area (Å²) in [5.74, 6) is -2.84. The highest BCUT2D eigenvalue weighted by molar-refractivity contribution is 5.65. The molecular formula is C18H32N3O6-3. The van der Waals surface area contributed by atoms with Gasteiger partial charge in [-0.15, -0.1) is 0 Å². The molecule has 3 fully saturated rings. The normalized spacial score (nSPS) is 17.1. The third-order valence-corrected chi connectivity index (χ3v) is 3.52. The van der Waals surface area contributed by atoms with Crippen LogP contribution in [0.1, 0.15) is 39.5 Å². The maximum absolute atomic E-state index is 9.79. The van der Waals surface area contributed by atoms with Crippen LogP contribution >= 0.6 is 0 Å². The molecule has 3 rings (SSSR count). The Kier molecular flexibility index (Phi) is 14.4. The summed E-state index contributed by atoms with van der Waals surface area (Å²) in [6.45, 7) is 12.6. The van der Waals surface area contributed by atoms with Crippen LogP contribution in [0.25, 0.3) is 0 Å². The smallest absolute Gasteiger partial charge is 0.0427 e. The minimum atomic E-state index is -0.947. The van der Waals surface area contributed by atoms with Gasteiger partial charge in [0.25, 0.3) is 0 Å². The summed E-state index contributed by atoms with van der Waals surface area (Å²) < 4.78 is 0. The Hall–Kier alpha value is -1.71. The Labute approximate surface area is 161 Å². The van der Waals surface area contributed by atoms with Gasteiger partial charge in [0.05, 0.1) is 0 Å². The second-order valence-electron chi connectivity index (χ2n) is 6.60. The van der Waals surface area contributed by atoms with Crippen molar-refractivity contribution in [2.24, 2.45) is 0 Å². The molecule has 3 aliphatic heterocycles. The molecule has 0 radical (unpaired) electrons. The molecule has 0 unspecified atom stereocenters. The average molecular weight is 386 g/mol. The van der Waals surface area contributed by atoms with Crippen molar-refractivity contribution in [3.63, 3.8) is 0 Å². The maximum Gasteiger partial charge on any atom is 0.0427 e. The van der Waals surface area contributed by atoms with Crippen molar-refractivity contribution in [1.29, 1.82) is 0 Å². The number of nitrogens with zero attached hydrogens (tertiary/aromatic N) is 3. The molecule has 0 N–H and O–H groups in total. The first kappa shape index (κ1) is 25.3. The van der Waals surface area contributed by atoms with Gasteiger partial charge < -0.3 is 44.4 Å². The van der Waals surface area contributed by atoms with Crippen LogP contribution in [0.5, 0.6) is 0 Å². The van der Waals surface area contributed by atoms with Crippen LogP contribution in [0.3, 0.4) is 0 Å². The fourth-order valence-corrected chi connectivity index (χ4v) is 1.63. The molecule has 158 valence electrons. The van der Waals surface area contributed by atoms with E-state index in [1.807, 2.05) is 0 Å². The summed E-state index contributed by atoms with van der Waals surface area (Å²) >= 11 is 0. The third-order valence-electron chi connectivity index (χ3n) is 3.52.